The van der Waals surface area contributed by atoms with E-state index in [1.165, 1.54) is 64.2 Å². The average Bonchev–Trinajstić information content (AvgIpc) is 3.00. The molecule has 0 aliphatic heterocycles. The van der Waals surface area contributed by atoms with E-state index in [0.29, 0.717) is 13.0 Å². The SMILES string of the molecule is CCCCCCCC/C=C/COC(=O)CCC1CCCC1. The van der Waals surface area contributed by atoms with Gasteiger partial charge in [0.2, 0.25) is 0 Å². The third kappa shape index (κ3) is 10.6. The van der Waals surface area contributed by atoms with Crippen molar-refractivity contribution in [2.24, 2.45) is 5.92 Å². The van der Waals surface area contributed by atoms with Gasteiger partial charge in [-0.1, -0.05) is 76.9 Å². The number of carbonyl (C=O) groups is 1. The summed E-state index contributed by atoms with van der Waals surface area (Å²) >= 11 is 0. The number of ether oxygens (including phenoxy) is 1. The Morgan fingerprint density at radius 3 is 2.52 bits per heavy atom. The van der Waals surface area contributed by atoms with Gasteiger partial charge in [-0.05, 0) is 25.2 Å². The van der Waals surface area contributed by atoms with Crippen LogP contribution in [0.25, 0.3) is 0 Å². The Hall–Kier alpha value is -0.790. The van der Waals surface area contributed by atoms with E-state index < -0.39 is 0 Å². The minimum absolute atomic E-state index is 0.0221. The van der Waals surface area contributed by atoms with Crippen molar-refractivity contribution in [2.45, 2.75) is 90.4 Å². The molecule has 0 radical (unpaired) electrons. The maximum absolute atomic E-state index is 11.6. The van der Waals surface area contributed by atoms with Crippen LogP contribution >= 0.6 is 0 Å². The van der Waals surface area contributed by atoms with Crippen molar-refractivity contribution in [3.05, 3.63) is 12.2 Å². The summed E-state index contributed by atoms with van der Waals surface area (Å²) in [6.45, 7) is 2.71. The van der Waals surface area contributed by atoms with Gasteiger partial charge in [0.1, 0.15) is 6.61 Å². The lowest BCUT2D eigenvalue weighted by Gasteiger charge is -2.07. The minimum Gasteiger partial charge on any atom is -0.461 e. The zero-order valence-corrected chi connectivity index (χ0v) is 13.9. The highest BCUT2D eigenvalue weighted by Gasteiger charge is 2.16. The Balaban J connectivity index is 1.85. The summed E-state index contributed by atoms with van der Waals surface area (Å²) < 4.78 is 5.24. The van der Waals surface area contributed by atoms with Crippen molar-refractivity contribution in [1.29, 1.82) is 0 Å². The normalized spacial score (nSPS) is 15.9. The predicted molar refractivity (Wildman–Crippen MR) is 89.3 cm³/mol. The molecule has 0 spiro atoms. The summed E-state index contributed by atoms with van der Waals surface area (Å²) in [7, 11) is 0. The van der Waals surface area contributed by atoms with Gasteiger partial charge in [0.25, 0.3) is 0 Å². The molecule has 0 aromatic carbocycles. The molecule has 2 nitrogen and oxygen atoms in total. The molecule has 0 heterocycles. The van der Waals surface area contributed by atoms with Gasteiger partial charge in [-0.15, -0.1) is 0 Å². The molecule has 1 rings (SSSR count). The predicted octanol–water partition coefficient (Wildman–Crippen LogP) is 5.81. The number of hydrogen-bond donors (Lipinski definition) is 0. The standard InChI is InChI=1S/C19H34O2/c1-2-3-4-5-6-7-8-9-12-17-21-19(20)16-15-18-13-10-11-14-18/h9,12,18H,2-8,10-11,13-17H2,1H3/b12-9+. The van der Waals surface area contributed by atoms with Gasteiger partial charge in [-0.2, -0.15) is 0 Å². The second kappa shape index (κ2) is 12.9. The van der Waals surface area contributed by atoms with Crippen molar-refractivity contribution in [3.8, 4) is 0 Å². The molecule has 122 valence electrons. The average molecular weight is 294 g/mol. The fourth-order valence-corrected chi connectivity index (χ4v) is 3.06. The summed E-state index contributed by atoms with van der Waals surface area (Å²) in [4.78, 5) is 11.6. The fraction of sp³-hybridized carbons (Fsp3) is 0.842. The Morgan fingerprint density at radius 1 is 1.05 bits per heavy atom. The third-order valence-electron chi connectivity index (χ3n) is 4.46. The Bertz CT molecular complexity index is 277. The van der Waals surface area contributed by atoms with E-state index in [2.05, 4.69) is 13.0 Å². The Morgan fingerprint density at radius 2 is 1.76 bits per heavy atom. The van der Waals surface area contributed by atoms with Crippen molar-refractivity contribution < 1.29 is 9.53 Å². The van der Waals surface area contributed by atoms with Gasteiger partial charge in [0, 0.05) is 6.42 Å². The summed E-state index contributed by atoms with van der Waals surface area (Å²) in [5.74, 6) is 0.756. The molecule has 1 aliphatic rings. The second-order valence-corrected chi connectivity index (χ2v) is 6.40. The Kier molecular flexibility index (Phi) is 11.2. The van der Waals surface area contributed by atoms with Crippen molar-refractivity contribution in [1.82, 2.24) is 0 Å². The van der Waals surface area contributed by atoms with Gasteiger partial charge in [0.05, 0.1) is 0 Å². The molecule has 2 heteroatoms. The van der Waals surface area contributed by atoms with Crippen LogP contribution in [0.2, 0.25) is 0 Å². The molecule has 0 atom stereocenters. The Labute approximate surface area is 131 Å². The second-order valence-electron chi connectivity index (χ2n) is 6.40. The highest BCUT2D eigenvalue weighted by molar-refractivity contribution is 5.69. The molecule has 0 aromatic rings. The lowest BCUT2D eigenvalue weighted by atomic mass is 10.0. The zero-order chi connectivity index (χ0) is 15.2. The van der Waals surface area contributed by atoms with E-state index in [-0.39, 0.29) is 5.97 Å². The smallest absolute Gasteiger partial charge is 0.306 e. The first-order chi connectivity index (χ1) is 10.3. The quantitative estimate of drug-likeness (QED) is 0.258. The van der Waals surface area contributed by atoms with Crippen LogP contribution in [0, 0.1) is 5.92 Å². The highest BCUT2D eigenvalue weighted by atomic mass is 16.5. The molecule has 0 saturated heterocycles. The lowest BCUT2D eigenvalue weighted by Crippen LogP contribution is -2.06. The van der Waals surface area contributed by atoms with E-state index in [1.54, 1.807) is 0 Å². The van der Waals surface area contributed by atoms with Gasteiger partial charge < -0.3 is 4.74 Å². The van der Waals surface area contributed by atoms with Crippen LogP contribution in [0.5, 0.6) is 0 Å². The summed E-state index contributed by atoms with van der Waals surface area (Å²) in [6, 6.07) is 0. The molecule has 0 aromatic heterocycles. The minimum atomic E-state index is -0.0221. The largest absolute Gasteiger partial charge is 0.461 e. The van der Waals surface area contributed by atoms with Crippen LogP contribution in [-0.4, -0.2) is 12.6 Å². The van der Waals surface area contributed by atoms with Crippen LogP contribution < -0.4 is 0 Å². The van der Waals surface area contributed by atoms with E-state index >= 15 is 0 Å². The van der Waals surface area contributed by atoms with Crippen LogP contribution in [0.1, 0.15) is 90.4 Å². The van der Waals surface area contributed by atoms with Crippen molar-refractivity contribution >= 4 is 5.97 Å². The molecule has 1 fully saturated rings. The number of esters is 1. The van der Waals surface area contributed by atoms with Gasteiger partial charge in [-0.3, -0.25) is 4.79 Å². The fourth-order valence-electron chi connectivity index (χ4n) is 3.06. The molecule has 21 heavy (non-hydrogen) atoms. The van der Waals surface area contributed by atoms with E-state index in [0.717, 1.165) is 18.8 Å². The molecular formula is C19H34O2. The molecule has 0 N–H and O–H groups in total. The van der Waals surface area contributed by atoms with Crippen LogP contribution in [0.15, 0.2) is 12.2 Å². The van der Waals surface area contributed by atoms with E-state index in [1.807, 2.05) is 6.08 Å². The first-order valence-corrected chi connectivity index (χ1v) is 9.13. The lowest BCUT2D eigenvalue weighted by molar-refractivity contribution is -0.142. The van der Waals surface area contributed by atoms with Gasteiger partial charge in [0.15, 0.2) is 0 Å². The van der Waals surface area contributed by atoms with Crippen LogP contribution in [0.4, 0.5) is 0 Å². The number of unbranched alkanes of at least 4 members (excludes halogenated alkanes) is 6. The molecule has 0 bridgehead atoms. The van der Waals surface area contributed by atoms with Crippen molar-refractivity contribution in [3.63, 3.8) is 0 Å². The first kappa shape index (κ1) is 18.3. The van der Waals surface area contributed by atoms with E-state index in [4.69, 9.17) is 4.74 Å². The molecular weight excluding hydrogens is 260 g/mol. The number of hydrogen-bond acceptors (Lipinski definition) is 2. The highest BCUT2D eigenvalue weighted by Crippen LogP contribution is 2.28. The topological polar surface area (TPSA) is 26.3 Å². The van der Waals surface area contributed by atoms with Crippen molar-refractivity contribution in [2.75, 3.05) is 6.61 Å². The van der Waals surface area contributed by atoms with Gasteiger partial charge >= 0.3 is 5.97 Å². The summed E-state index contributed by atoms with van der Waals surface area (Å²) in [6.07, 6.45) is 20.2. The van der Waals surface area contributed by atoms with Crippen LogP contribution in [-0.2, 0) is 9.53 Å². The van der Waals surface area contributed by atoms with Gasteiger partial charge in [-0.25, -0.2) is 0 Å². The monoisotopic (exact) mass is 294 g/mol. The third-order valence-corrected chi connectivity index (χ3v) is 4.46. The first-order valence-electron chi connectivity index (χ1n) is 9.13. The number of rotatable bonds is 12. The molecule has 0 amide bonds. The maximum atomic E-state index is 11.6. The number of allylic oxidation sites excluding steroid dienone is 1. The maximum Gasteiger partial charge on any atom is 0.306 e. The molecule has 0 unspecified atom stereocenters. The summed E-state index contributed by atoms with van der Waals surface area (Å²) in [5.41, 5.74) is 0. The molecule has 1 saturated carbocycles. The number of carbonyl (C=O) groups excluding carboxylic acids is 1. The molecule has 1 aliphatic carbocycles. The zero-order valence-electron chi connectivity index (χ0n) is 13.9. The summed E-state index contributed by atoms with van der Waals surface area (Å²) in [5, 5.41) is 0. The van der Waals surface area contributed by atoms with E-state index in [9.17, 15) is 4.79 Å². The van der Waals surface area contributed by atoms with Crippen LogP contribution in [0.3, 0.4) is 0 Å².